The molecule has 1 atom stereocenters. The van der Waals surface area contributed by atoms with Gasteiger partial charge in [-0.1, -0.05) is 6.92 Å². The van der Waals surface area contributed by atoms with Crippen molar-refractivity contribution in [3.8, 4) is 0 Å². The van der Waals surface area contributed by atoms with Gasteiger partial charge in [-0.2, -0.15) is 0 Å². The minimum absolute atomic E-state index is 0.268. The van der Waals surface area contributed by atoms with Gasteiger partial charge in [-0.05, 0) is 45.0 Å². The highest BCUT2D eigenvalue weighted by Gasteiger charge is 2.19. The molecule has 0 radical (unpaired) electrons. The molecule has 104 valence electrons. The number of carboxylic acid groups (broad SMARTS) is 1. The Morgan fingerprint density at radius 2 is 2.37 bits per heavy atom. The Balaban J connectivity index is 2.03. The number of hydrogen-bond acceptors (Lipinski definition) is 4. The summed E-state index contributed by atoms with van der Waals surface area (Å²) < 4.78 is 0. The Kier molecular flexibility index (Phi) is 4.37. The molecule has 1 aromatic heterocycles. The van der Waals surface area contributed by atoms with Crippen LogP contribution in [-0.4, -0.2) is 46.6 Å². The first-order valence-corrected chi connectivity index (χ1v) is 6.80. The molecule has 1 aliphatic rings. The van der Waals surface area contributed by atoms with Crippen molar-refractivity contribution < 1.29 is 9.90 Å². The normalized spacial score (nSPS) is 20.2. The maximum atomic E-state index is 10.9. The lowest BCUT2D eigenvalue weighted by Crippen LogP contribution is -2.42. The molecule has 1 fully saturated rings. The van der Waals surface area contributed by atoms with Crippen molar-refractivity contribution in [1.29, 1.82) is 0 Å². The van der Waals surface area contributed by atoms with Crippen LogP contribution in [0.25, 0.3) is 0 Å². The number of hydrogen-bond donors (Lipinski definition) is 2. The van der Waals surface area contributed by atoms with E-state index >= 15 is 0 Å². The fourth-order valence-corrected chi connectivity index (χ4v) is 2.54. The van der Waals surface area contributed by atoms with Crippen LogP contribution < -0.4 is 5.32 Å². The maximum Gasteiger partial charge on any atom is 0.337 e. The zero-order valence-corrected chi connectivity index (χ0v) is 11.5. The minimum Gasteiger partial charge on any atom is -0.478 e. The summed E-state index contributed by atoms with van der Waals surface area (Å²) in [5.74, 6) is -0.156. The number of rotatable bonds is 4. The summed E-state index contributed by atoms with van der Waals surface area (Å²) in [6.45, 7) is 7.17. The van der Waals surface area contributed by atoms with Crippen LogP contribution in [0.1, 0.15) is 35.8 Å². The van der Waals surface area contributed by atoms with E-state index in [9.17, 15) is 4.79 Å². The quantitative estimate of drug-likeness (QED) is 0.869. The van der Waals surface area contributed by atoms with Crippen LogP contribution in [0.3, 0.4) is 0 Å². The van der Waals surface area contributed by atoms with Crippen LogP contribution >= 0.6 is 0 Å². The largest absolute Gasteiger partial charge is 0.478 e. The summed E-state index contributed by atoms with van der Waals surface area (Å²) in [6.07, 6.45) is 2.33. The van der Waals surface area contributed by atoms with Crippen molar-refractivity contribution in [1.82, 2.24) is 9.88 Å². The van der Waals surface area contributed by atoms with E-state index in [0.717, 1.165) is 25.3 Å². The number of anilines is 1. The van der Waals surface area contributed by atoms with Crippen molar-refractivity contribution >= 4 is 11.8 Å². The van der Waals surface area contributed by atoms with Gasteiger partial charge in [0.2, 0.25) is 0 Å². The van der Waals surface area contributed by atoms with Gasteiger partial charge >= 0.3 is 5.97 Å². The first kappa shape index (κ1) is 13.8. The predicted molar refractivity (Wildman–Crippen MR) is 74.7 cm³/mol. The molecule has 19 heavy (non-hydrogen) atoms. The molecule has 5 nitrogen and oxygen atoms in total. The zero-order valence-electron chi connectivity index (χ0n) is 11.5. The fraction of sp³-hybridized carbons (Fsp3) is 0.571. The van der Waals surface area contributed by atoms with Crippen LogP contribution in [0.4, 0.5) is 5.82 Å². The zero-order chi connectivity index (χ0) is 13.8. The number of likely N-dealkylation sites (tertiary alicyclic amines) is 1. The molecule has 1 saturated heterocycles. The van der Waals surface area contributed by atoms with Crippen molar-refractivity contribution in [2.75, 3.05) is 25.0 Å². The molecule has 1 unspecified atom stereocenters. The Bertz CT molecular complexity index is 462. The van der Waals surface area contributed by atoms with Gasteiger partial charge in [0.1, 0.15) is 5.82 Å². The number of aromatic carboxylic acids is 1. The molecule has 1 aliphatic heterocycles. The summed E-state index contributed by atoms with van der Waals surface area (Å²) in [5.41, 5.74) is 0.824. The average molecular weight is 263 g/mol. The van der Waals surface area contributed by atoms with Gasteiger partial charge in [0, 0.05) is 12.6 Å². The monoisotopic (exact) mass is 263 g/mol. The third kappa shape index (κ3) is 3.44. The molecule has 2 rings (SSSR count). The van der Waals surface area contributed by atoms with E-state index in [1.54, 1.807) is 19.1 Å². The Labute approximate surface area is 113 Å². The number of aryl methyl sites for hydroxylation is 1. The molecule has 0 aliphatic carbocycles. The average Bonchev–Trinajstić information content (AvgIpc) is 2.38. The summed E-state index contributed by atoms with van der Waals surface area (Å²) in [6, 6.07) is 3.77. The Hall–Kier alpha value is -1.62. The Morgan fingerprint density at radius 1 is 1.58 bits per heavy atom. The van der Waals surface area contributed by atoms with Crippen LogP contribution in [0.5, 0.6) is 0 Å². The summed E-state index contributed by atoms with van der Waals surface area (Å²) >= 11 is 0. The second-order valence-corrected chi connectivity index (χ2v) is 5.01. The van der Waals surface area contributed by atoms with E-state index in [-0.39, 0.29) is 5.56 Å². The molecule has 0 aromatic carbocycles. The number of aromatic nitrogens is 1. The first-order valence-electron chi connectivity index (χ1n) is 6.80. The van der Waals surface area contributed by atoms with Crippen LogP contribution in [0, 0.1) is 6.92 Å². The van der Waals surface area contributed by atoms with E-state index in [0.29, 0.717) is 11.7 Å². The predicted octanol–water partition coefficient (Wildman–Crippen LogP) is 1.98. The lowest BCUT2D eigenvalue weighted by atomic mass is 10.1. The lowest BCUT2D eigenvalue weighted by molar-refractivity contribution is 0.0695. The number of nitrogens with one attached hydrogen (secondary N) is 1. The summed E-state index contributed by atoms with van der Waals surface area (Å²) in [5, 5.41) is 12.4. The van der Waals surface area contributed by atoms with Gasteiger partial charge in [0.05, 0.1) is 11.3 Å². The van der Waals surface area contributed by atoms with E-state index < -0.39 is 5.97 Å². The number of carboxylic acids is 1. The molecule has 5 heteroatoms. The second-order valence-electron chi connectivity index (χ2n) is 5.01. The molecule has 0 saturated carbocycles. The van der Waals surface area contributed by atoms with Gasteiger partial charge in [0.15, 0.2) is 0 Å². The second kappa shape index (κ2) is 6.02. The van der Waals surface area contributed by atoms with Gasteiger partial charge in [-0.3, -0.25) is 0 Å². The van der Waals surface area contributed by atoms with E-state index in [1.165, 1.54) is 13.0 Å². The summed E-state index contributed by atoms with van der Waals surface area (Å²) in [7, 11) is 0. The van der Waals surface area contributed by atoms with Crippen molar-refractivity contribution in [2.45, 2.75) is 32.7 Å². The van der Waals surface area contributed by atoms with Crippen molar-refractivity contribution in [3.63, 3.8) is 0 Å². The maximum absolute atomic E-state index is 10.9. The van der Waals surface area contributed by atoms with Gasteiger partial charge < -0.3 is 15.3 Å². The smallest absolute Gasteiger partial charge is 0.337 e. The molecule has 0 bridgehead atoms. The number of likely N-dealkylation sites (N-methyl/N-ethyl adjacent to an activating group) is 1. The number of pyridine rings is 1. The topological polar surface area (TPSA) is 65.5 Å². The molecule has 2 heterocycles. The lowest BCUT2D eigenvalue weighted by Gasteiger charge is -2.32. The number of piperidine rings is 1. The molecule has 0 spiro atoms. The highest BCUT2D eigenvalue weighted by Crippen LogP contribution is 2.16. The number of carbonyl (C=O) groups is 1. The van der Waals surface area contributed by atoms with E-state index in [1.807, 2.05) is 0 Å². The highest BCUT2D eigenvalue weighted by molar-refractivity contribution is 5.89. The van der Waals surface area contributed by atoms with Gasteiger partial charge in [-0.25, -0.2) is 9.78 Å². The van der Waals surface area contributed by atoms with Crippen LogP contribution in [-0.2, 0) is 0 Å². The van der Waals surface area contributed by atoms with E-state index in [4.69, 9.17) is 5.11 Å². The van der Waals surface area contributed by atoms with Crippen LogP contribution in [0.15, 0.2) is 12.1 Å². The third-order valence-corrected chi connectivity index (χ3v) is 3.62. The fourth-order valence-electron chi connectivity index (χ4n) is 2.54. The molecular weight excluding hydrogens is 242 g/mol. The Morgan fingerprint density at radius 3 is 3.00 bits per heavy atom. The van der Waals surface area contributed by atoms with Gasteiger partial charge in [-0.15, -0.1) is 0 Å². The van der Waals surface area contributed by atoms with Gasteiger partial charge in [0.25, 0.3) is 0 Å². The SMILES string of the molecule is CCN1CCCC(Nc2ccc(C(=O)O)c(C)n2)C1. The van der Waals surface area contributed by atoms with Crippen LogP contribution in [0.2, 0.25) is 0 Å². The molecule has 0 amide bonds. The minimum atomic E-state index is -0.925. The highest BCUT2D eigenvalue weighted by atomic mass is 16.4. The third-order valence-electron chi connectivity index (χ3n) is 3.62. The molecule has 2 N–H and O–H groups in total. The van der Waals surface area contributed by atoms with Crippen molar-refractivity contribution in [2.24, 2.45) is 0 Å². The van der Waals surface area contributed by atoms with E-state index in [2.05, 4.69) is 22.1 Å². The number of nitrogens with zero attached hydrogens (tertiary/aromatic N) is 2. The standard InChI is InChI=1S/C14H21N3O2/c1-3-17-8-4-5-11(9-17)16-13-7-6-12(14(18)19)10(2)15-13/h6-7,11H,3-5,8-9H2,1-2H3,(H,15,16)(H,18,19). The first-order chi connectivity index (χ1) is 9.10. The van der Waals surface area contributed by atoms with Crippen molar-refractivity contribution in [3.05, 3.63) is 23.4 Å². The summed E-state index contributed by atoms with van der Waals surface area (Å²) in [4.78, 5) is 17.7. The molecular formula is C14H21N3O2. The molecule has 1 aromatic rings.